The molecule has 0 saturated carbocycles. The van der Waals surface area contributed by atoms with E-state index in [-0.39, 0.29) is 5.91 Å². The molecule has 26 heavy (non-hydrogen) atoms. The quantitative estimate of drug-likeness (QED) is 0.701. The van der Waals surface area contributed by atoms with Gasteiger partial charge < -0.3 is 19.5 Å². The Hall–Kier alpha value is -2.84. The highest BCUT2D eigenvalue weighted by molar-refractivity contribution is 5.96. The molecule has 0 aliphatic heterocycles. The van der Waals surface area contributed by atoms with Crippen LogP contribution in [0.15, 0.2) is 12.1 Å². The smallest absolute Gasteiger partial charge is 0.252 e. The Morgan fingerprint density at radius 1 is 1.08 bits per heavy atom. The molecule has 0 saturated heterocycles. The Morgan fingerprint density at radius 3 is 2.12 bits per heavy atom. The molecule has 2 N–H and O–H groups in total. The van der Waals surface area contributed by atoms with Crippen molar-refractivity contribution >= 4 is 5.91 Å². The van der Waals surface area contributed by atoms with Crippen molar-refractivity contribution in [2.45, 2.75) is 40.2 Å². The van der Waals surface area contributed by atoms with E-state index in [4.69, 9.17) is 14.2 Å². The number of hydrogen-bond acceptors (Lipinski definition) is 7. The maximum absolute atomic E-state index is 12.8. The van der Waals surface area contributed by atoms with Crippen LogP contribution < -0.4 is 19.5 Å². The van der Waals surface area contributed by atoms with Crippen LogP contribution in [0.3, 0.4) is 0 Å². The average molecular weight is 363 g/mol. The first kappa shape index (κ1) is 19.5. The molecule has 0 aliphatic carbocycles. The van der Waals surface area contributed by atoms with Crippen LogP contribution in [-0.2, 0) is 5.54 Å². The Labute approximate surface area is 152 Å². The van der Waals surface area contributed by atoms with Gasteiger partial charge in [-0.25, -0.2) is 0 Å². The summed E-state index contributed by atoms with van der Waals surface area (Å²) in [6.45, 7) is 10.5. The summed E-state index contributed by atoms with van der Waals surface area (Å²) in [4.78, 5) is 12.8. The van der Waals surface area contributed by atoms with Crippen molar-refractivity contribution in [3.05, 3.63) is 23.5 Å². The molecule has 2 aromatic rings. The minimum Gasteiger partial charge on any atom is -0.490 e. The van der Waals surface area contributed by atoms with E-state index in [0.29, 0.717) is 48.5 Å². The van der Waals surface area contributed by atoms with E-state index in [1.165, 1.54) is 0 Å². The van der Waals surface area contributed by atoms with Crippen LogP contribution in [0.4, 0.5) is 0 Å². The topological polar surface area (TPSA) is 111 Å². The fourth-order valence-electron chi connectivity index (χ4n) is 2.36. The highest BCUT2D eigenvalue weighted by Crippen LogP contribution is 2.39. The Morgan fingerprint density at radius 2 is 1.65 bits per heavy atom. The van der Waals surface area contributed by atoms with E-state index < -0.39 is 5.54 Å². The molecule has 0 aliphatic rings. The molecule has 0 atom stereocenters. The number of aromatic nitrogens is 4. The normalized spacial score (nSPS) is 11.1. The van der Waals surface area contributed by atoms with Gasteiger partial charge in [0.15, 0.2) is 17.3 Å². The molecule has 142 valence electrons. The van der Waals surface area contributed by atoms with Gasteiger partial charge >= 0.3 is 0 Å². The van der Waals surface area contributed by atoms with Crippen molar-refractivity contribution in [1.29, 1.82) is 0 Å². The molecule has 2 rings (SSSR count). The summed E-state index contributed by atoms with van der Waals surface area (Å²) in [7, 11) is 0. The zero-order valence-corrected chi connectivity index (χ0v) is 15.8. The van der Waals surface area contributed by atoms with Gasteiger partial charge in [0, 0.05) is 5.56 Å². The van der Waals surface area contributed by atoms with Crippen molar-refractivity contribution in [1.82, 2.24) is 25.9 Å². The van der Waals surface area contributed by atoms with E-state index in [9.17, 15) is 4.79 Å². The van der Waals surface area contributed by atoms with Crippen molar-refractivity contribution in [3.63, 3.8) is 0 Å². The summed E-state index contributed by atoms with van der Waals surface area (Å²) >= 11 is 0. The van der Waals surface area contributed by atoms with Gasteiger partial charge in [0.05, 0.1) is 25.4 Å². The summed E-state index contributed by atoms with van der Waals surface area (Å²) in [5.74, 6) is 1.48. The first-order chi connectivity index (χ1) is 12.4. The van der Waals surface area contributed by atoms with Gasteiger partial charge in [-0.05, 0) is 46.8 Å². The molecule has 1 amide bonds. The maximum atomic E-state index is 12.8. The number of amides is 1. The standard InChI is InChI=1S/C17H25N5O4/c1-6-24-12-9-11(10-13(25-7-2)14(12)26-8-3)15(23)18-17(4,5)16-19-21-22-20-16/h9-10H,6-8H2,1-5H3,(H,18,23)(H,19,20,21,22). The summed E-state index contributed by atoms with van der Waals surface area (Å²) < 4.78 is 16.9. The van der Waals surface area contributed by atoms with Crippen LogP contribution in [0, 0.1) is 0 Å². The number of aromatic amines is 1. The van der Waals surface area contributed by atoms with Crippen LogP contribution >= 0.6 is 0 Å². The molecule has 0 fully saturated rings. The molecule has 9 heteroatoms. The molecular weight excluding hydrogens is 338 g/mol. The van der Waals surface area contributed by atoms with E-state index in [1.807, 2.05) is 20.8 Å². The zero-order valence-electron chi connectivity index (χ0n) is 15.8. The van der Waals surface area contributed by atoms with Gasteiger partial charge in [-0.2, -0.15) is 5.21 Å². The largest absolute Gasteiger partial charge is 0.490 e. The van der Waals surface area contributed by atoms with Crippen LogP contribution in [-0.4, -0.2) is 46.4 Å². The lowest BCUT2D eigenvalue weighted by molar-refractivity contribution is 0.0907. The molecule has 0 radical (unpaired) electrons. The number of carbonyl (C=O) groups is 1. The van der Waals surface area contributed by atoms with Crippen LogP contribution in [0.5, 0.6) is 17.2 Å². The number of rotatable bonds is 9. The second-order valence-corrected chi connectivity index (χ2v) is 5.92. The summed E-state index contributed by atoms with van der Waals surface area (Å²) in [6, 6.07) is 3.28. The third-order valence-electron chi connectivity index (χ3n) is 3.50. The molecule has 0 spiro atoms. The Kier molecular flexibility index (Phi) is 6.37. The maximum Gasteiger partial charge on any atom is 0.252 e. The SMILES string of the molecule is CCOc1cc(C(=O)NC(C)(C)c2nn[nH]n2)cc(OCC)c1OCC. The van der Waals surface area contributed by atoms with Gasteiger partial charge in [-0.15, -0.1) is 10.2 Å². The third-order valence-corrected chi connectivity index (χ3v) is 3.50. The molecule has 0 bridgehead atoms. The number of H-pyrrole nitrogens is 1. The van der Waals surface area contributed by atoms with Crippen molar-refractivity contribution < 1.29 is 19.0 Å². The van der Waals surface area contributed by atoms with Crippen LogP contribution in [0.25, 0.3) is 0 Å². The number of ether oxygens (including phenoxy) is 3. The van der Waals surface area contributed by atoms with Crippen LogP contribution in [0.2, 0.25) is 0 Å². The lowest BCUT2D eigenvalue weighted by Gasteiger charge is -2.23. The molecule has 0 unspecified atom stereocenters. The number of benzene rings is 1. The molecular formula is C17H25N5O4. The molecule has 1 heterocycles. The fourth-order valence-corrected chi connectivity index (χ4v) is 2.36. The minimum atomic E-state index is -0.805. The highest BCUT2D eigenvalue weighted by atomic mass is 16.5. The van der Waals surface area contributed by atoms with E-state index in [0.717, 1.165) is 0 Å². The highest BCUT2D eigenvalue weighted by Gasteiger charge is 2.29. The number of carbonyl (C=O) groups excluding carboxylic acids is 1. The predicted octanol–water partition coefficient (Wildman–Crippen LogP) is 2.06. The lowest BCUT2D eigenvalue weighted by atomic mass is 10.0. The monoisotopic (exact) mass is 363 g/mol. The first-order valence-corrected chi connectivity index (χ1v) is 8.55. The van der Waals surface area contributed by atoms with Crippen molar-refractivity contribution in [3.8, 4) is 17.2 Å². The van der Waals surface area contributed by atoms with Gasteiger partial charge in [-0.1, -0.05) is 5.21 Å². The fraction of sp³-hybridized carbons (Fsp3) is 0.529. The summed E-state index contributed by atoms with van der Waals surface area (Å²) in [6.07, 6.45) is 0. The number of hydrogen-bond donors (Lipinski definition) is 2. The Balaban J connectivity index is 2.36. The number of nitrogens with zero attached hydrogens (tertiary/aromatic N) is 3. The molecule has 1 aromatic carbocycles. The first-order valence-electron chi connectivity index (χ1n) is 8.55. The lowest BCUT2D eigenvalue weighted by Crippen LogP contribution is -2.42. The van der Waals surface area contributed by atoms with Crippen molar-refractivity contribution in [2.24, 2.45) is 0 Å². The van der Waals surface area contributed by atoms with E-state index >= 15 is 0 Å². The second-order valence-electron chi connectivity index (χ2n) is 5.92. The van der Waals surface area contributed by atoms with Gasteiger partial charge in [0.1, 0.15) is 0 Å². The second kappa shape index (κ2) is 8.50. The predicted molar refractivity (Wildman–Crippen MR) is 94.6 cm³/mol. The summed E-state index contributed by atoms with van der Waals surface area (Å²) in [5.41, 5.74) is -0.419. The molecule has 9 nitrogen and oxygen atoms in total. The van der Waals surface area contributed by atoms with Gasteiger partial charge in [0.25, 0.3) is 5.91 Å². The van der Waals surface area contributed by atoms with Gasteiger partial charge in [-0.3, -0.25) is 4.79 Å². The summed E-state index contributed by atoms with van der Waals surface area (Å²) in [5, 5.41) is 16.7. The minimum absolute atomic E-state index is 0.315. The Bertz CT molecular complexity index is 704. The third kappa shape index (κ3) is 4.41. The number of tetrazole rings is 1. The van der Waals surface area contributed by atoms with E-state index in [2.05, 4.69) is 25.9 Å². The molecule has 1 aromatic heterocycles. The van der Waals surface area contributed by atoms with Crippen molar-refractivity contribution in [2.75, 3.05) is 19.8 Å². The average Bonchev–Trinajstić information content (AvgIpc) is 3.13. The zero-order chi connectivity index (χ0) is 19.2. The van der Waals surface area contributed by atoms with E-state index in [1.54, 1.807) is 26.0 Å². The van der Waals surface area contributed by atoms with Gasteiger partial charge in [0.2, 0.25) is 5.75 Å². The number of nitrogens with one attached hydrogen (secondary N) is 2. The van der Waals surface area contributed by atoms with Crippen LogP contribution in [0.1, 0.15) is 50.8 Å².